The lowest BCUT2D eigenvalue weighted by atomic mass is 9.86. The molecule has 1 heterocycles. The second kappa shape index (κ2) is 6.23. The molecule has 4 heteroatoms. The van der Waals surface area contributed by atoms with Crippen molar-refractivity contribution in [2.75, 3.05) is 0 Å². The van der Waals surface area contributed by atoms with E-state index in [-0.39, 0.29) is 11.2 Å². The summed E-state index contributed by atoms with van der Waals surface area (Å²) >= 11 is 0. The molecule has 0 radical (unpaired) electrons. The van der Waals surface area contributed by atoms with Crippen LogP contribution in [0.5, 0.6) is 5.75 Å². The van der Waals surface area contributed by atoms with Crippen molar-refractivity contribution in [3.8, 4) is 22.6 Å². The van der Waals surface area contributed by atoms with Gasteiger partial charge < -0.3 is 5.11 Å². The van der Waals surface area contributed by atoms with Gasteiger partial charge in [0.15, 0.2) is 0 Å². The molecule has 4 nitrogen and oxygen atoms in total. The summed E-state index contributed by atoms with van der Waals surface area (Å²) in [4.78, 5) is 1.50. The summed E-state index contributed by atoms with van der Waals surface area (Å²) in [6, 6.07) is 20.1. The minimum Gasteiger partial charge on any atom is -0.506 e. The predicted molar refractivity (Wildman–Crippen MR) is 109 cm³/mol. The van der Waals surface area contributed by atoms with Gasteiger partial charge in [-0.25, -0.2) is 0 Å². The van der Waals surface area contributed by atoms with Crippen LogP contribution in [0.2, 0.25) is 0 Å². The summed E-state index contributed by atoms with van der Waals surface area (Å²) in [6.07, 6.45) is 0. The van der Waals surface area contributed by atoms with Crippen LogP contribution < -0.4 is 0 Å². The van der Waals surface area contributed by atoms with Gasteiger partial charge in [-0.1, -0.05) is 57.2 Å². The van der Waals surface area contributed by atoms with Crippen molar-refractivity contribution in [1.29, 1.82) is 0 Å². The van der Waals surface area contributed by atoms with E-state index in [4.69, 9.17) is 0 Å². The van der Waals surface area contributed by atoms with Crippen LogP contribution in [0.1, 0.15) is 31.9 Å². The monoisotopic (exact) mass is 357 g/mol. The Balaban J connectivity index is 1.74. The molecule has 4 rings (SSSR count). The van der Waals surface area contributed by atoms with E-state index in [1.807, 2.05) is 31.2 Å². The second-order valence-corrected chi connectivity index (χ2v) is 8.01. The average molecular weight is 357 g/mol. The number of aromatic hydroxyl groups is 1. The third-order valence-electron chi connectivity index (χ3n) is 4.81. The highest BCUT2D eigenvalue weighted by Gasteiger charge is 2.14. The summed E-state index contributed by atoms with van der Waals surface area (Å²) in [5.41, 5.74) is 6.93. The van der Waals surface area contributed by atoms with Crippen LogP contribution in [0.25, 0.3) is 27.8 Å². The van der Waals surface area contributed by atoms with E-state index in [2.05, 4.69) is 61.3 Å². The summed E-state index contributed by atoms with van der Waals surface area (Å²) in [6.45, 7) is 8.62. The zero-order chi connectivity index (χ0) is 19.2. The molecule has 136 valence electrons. The minimum absolute atomic E-state index is 0.140. The molecule has 0 spiro atoms. The third kappa shape index (κ3) is 3.31. The lowest BCUT2D eigenvalue weighted by Gasteiger charge is -2.19. The van der Waals surface area contributed by atoms with Gasteiger partial charge in [0, 0.05) is 0 Å². The van der Waals surface area contributed by atoms with Gasteiger partial charge in [-0.15, -0.1) is 15.0 Å². The Kier molecular flexibility index (Phi) is 3.99. The van der Waals surface area contributed by atoms with Gasteiger partial charge >= 0.3 is 0 Å². The second-order valence-electron chi connectivity index (χ2n) is 8.01. The highest BCUT2D eigenvalue weighted by molar-refractivity contribution is 5.81. The Bertz CT molecular complexity index is 1120. The van der Waals surface area contributed by atoms with Crippen molar-refractivity contribution in [3.05, 3.63) is 71.8 Å². The quantitative estimate of drug-likeness (QED) is 0.523. The van der Waals surface area contributed by atoms with Crippen LogP contribution in [0.4, 0.5) is 0 Å². The third-order valence-corrected chi connectivity index (χ3v) is 4.81. The molecule has 0 bridgehead atoms. The number of rotatable bonds is 2. The van der Waals surface area contributed by atoms with Crippen molar-refractivity contribution < 1.29 is 5.11 Å². The lowest BCUT2D eigenvalue weighted by Crippen LogP contribution is -2.10. The first-order chi connectivity index (χ1) is 12.8. The predicted octanol–water partition coefficient (Wildman–Crippen LogP) is 5.40. The Morgan fingerprint density at radius 3 is 2.15 bits per heavy atom. The number of hydrogen-bond donors (Lipinski definition) is 1. The van der Waals surface area contributed by atoms with E-state index >= 15 is 0 Å². The number of hydrogen-bond acceptors (Lipinski definition) is 3. The van der Waals surface area contributed by atoms with Gasteiger partial charge in [0.1, 0.15) is 22.5 Å². The van der Waals surface area contributed by atoms with E-state index in [1.165, 1.54) is 10.4 Å². The number of aryl methyl sites for hydroxylation is 1. The van der Waals surface area contributed by atoms with Crippen LogP contribution in [0, 0.1) is 6.92 Å². The zero-order valence-electron chi connectivity index (χ0n) is 16.1. The SMILES string of the molecule is Cc1ccc(O)c(-n2nc3ccc(-c4ccc(C(C)(C)C)cc4)cc3n2)c1. The Morgan fingerprint density at radius 2 is 1.44 bits per heavy atom. The first kappa shape index (κ1) is 17.3. The highest BCUT2D eigenvalue weighted by Crippen LogP contribution is 2.28. The molecule has 0 saturated heterocycles. The molecule has 4 aromatic rings. The van der Waals surface area contributed by atoms with Crippen molar-refractivity contribution in [1.82, 2.24) is 15.0 Å². The van der Waals surface area contributed by atoms with Gasteiger partial charge in [0.25, 0.3) is 0 Å². The maximum Gasteiger partial charge on any atom is 0.143 e. The van der Waals surface area contributed by atoms with Gasteiger partial charge in [0.05, 0.1) is 0 Å². The van der Waals surface area contributed by atoms with E-state index in [0.29, 0.717) is 5.69 Å². The van der Waals surface area contributed by atoms with E-state index in [1.54, 1.807) is 6.07 Å². The van der Waals surface area contributed by atoms with E-state index in [9.17, 15) is 5.11 Å². The summed E-state index contributed by atoms with van der Waals surface area (Å²) in [5, 5.41) is 19.2. The Hall–Kier alpha value is -3.14. The number of nitrogens with zero attached hydrogens (tertiary/aromatic N) is 3. The average Bonchev–Trinajstić information content (AvgIpc) is 3.06. The van der Waals surface area contributed by atoms with Gasteiger partial charge in [-0.2, -0.15) is 0 Å². The molecule has 0 fully saturated rings. The number of aromatic nitrogens is 3. The van der Waals surface area contributed by atoms with Gasteiger partial charge in [-0.05, 0) is 58.9 Å². The maximum atomic E-state index is 10.1. The first-order valence-corrected chi connectivity index (χ1v) is 9.09. The molecule has 1 N–H and O–H groups in total. The summed E-state index contributed by atoms with van der Waals surface area (Å²) in [7, 11) is 0. The van der Waals surface area contributed by atoms with Gasteiger partial charge in [0.2, 0.25) is 0 Å². The van der Waals surface area contributed by atoms with Crippen molar-refractivity contribution in [3.63, 3.8) is 0 Å². The maximum absolute atomic E-state index is 10.1. The summed E-state index contributed by atoms with van der Waals surface area (Å²) in [5.74, 6) is 0.166. The van der Waals surface area contributed by atoms with Crippen LogP contribution in [-0.4, -0.2) is 20.1 Å². The fourth-order valence-corrected chi connectivity index (χ4v) is 3.16. The molecule has 0 aliphatic carbocycles. The van der Waals surface area contributed by atoms with Gasteiger partial charge in [-0.3, -0.25) is 0 Å². The molecule has 0 aliphatic rings. The van der Waals surface area contributed by atoms with Crippen LogP contribution in [0.15, 0.2) is 60.7 Å². The Labute approximate surface area is 159 Å². The number of benzene rings is 3. The molecule has 1 aromatic heterocycles. The van der Waals surface area contributed by atoms with E-state index in [0.717, 1.165) is 27.7 Å². The molecular formula is C23H23N3O. The molecule has 0 unspecified atom stereocenters. The Morgan fingerprint density at radius 1 is 0.778 bits per heavy atom. The van der Waals surface area contributed by atoms with Crippen LogP contribution in [0.3, 0.4) is 0 Å². The smallest absolute Gasteiger partial charge is 0.143 e. The number of phenols is 1. The molecule has 0 saturated carbocycles. The fourth-order valence-electron chi connectivity index (χ4n) is 3.16. The molecule has 3 aromatic carbocycles. The highest BCUT2D eigenvalue weighted by atomic mass is 16.3. The normalized spacial score (nSPS) is 11.9. The molecular weight excluding hydrogens is 334 g/mol. The molecule has 0 aliphatic heterocycles. The standard InChI is InChI=1S/C23H23N3O/c1-15-5-12-22(27)21(13-15)26-24-19-11-8-17(14-20(19)25-26)16-6-9-18(10-7-16)23(2,3)4/h5-14,27H,1-4H3. The zero-order valence-corrected chi connectivity index (χ0v) is 16.1. The number of phenolic OH excluding ortho intramolecular Hbond substituents is 1. The first-order valence-electron chi connectivity index (χ1n) is 9.09. The largest absolute Gasteiger partial charge is 0.506 e. The van der Waals surface area contributed by atoms with E-state index < -0.39 is 0 Å². The van der Waals surface area contributed by atoms with Crippen molar-refractivity contribution >= 4 is 11.0 Å². The number of fused-ring (bicyclic) bond motifs is 1. The van der Waals surface area contributed by atoms with Crippen LogP contribution >= 0.6 is 0 Å². The molecule has 0 atom stereocenters. The fraction of sp³-hybridized carbons (Fsp3) is 0.217. The molecule has 0 amide bonds. The van der Waals surface area contributed by atoms with Crippen molar-refractivity contribution in [2.24, 2.45) is 0 Å². The topological polar surface area (TPSA) is 50.9 Å². The molecule has 27 heavy (non-hydrogen) atoms. The minimum atomic E-state index is 0.140. The lowest BCUT2D eigenvalue weighted by molar-refractivity contribution is 0.467. The van der Waals surface area contributed by atoms with Crippen LogP contribution in [-0.2, 0) is 5.41 Å². The van der Waals surface area contributed by atoms with Crippen molar-refractivity contribution in [2.45, 2.75) is 33.1 Å². The summed E-state index contributed by atoms with van der Waals surface area (Å²) < 4.78 is 0.